The summed E-state index contributed by atoms with van der Waals surface area (Å²) < 4.78 is 7.82. The Morgan fingerprint density at radius 2 is 1.32 bits per heavy atom. The van der Waals surface area contributed by atoms with Crippen LogP contribution in [-0.2, 0) is 0 Å². The smallest absolute Gasteiger partial charge is 0.0632 e. The van der Waals surface area contributed by atoms with E-state index in [1.165, 1.54) is 133 Å². The summed E-state index contributed by atoms with van der Waals surface area (Å²) in [5.41, 5.74) is 14.3. The molecule has 1 unspecified atom stereocenters. The van der Waals surface area contributed by atoms with Gasteiger partial charge in [-0.15, -0.1) is 34.0 Å². The Balaban J connectivity index is 0.00000202. The number of para-hydroxylation sites is 1. The van der Waals surface area contributed by atoms with Crippen molar-refractivity contribution >= 4 is 130 Å². The third-order valence-electron chi connectivity index (χ3n) is 13.4. The molecule has 5 heterocycles. The normalized spacial score (nSPS) is 14.7. The maximum absolute atomic E-state index is 4.12. The van der Waals surface area contributed by atoms with Crippen LogP contribution in [0.25, 0.3) is 101 Å². The predicted octanol–water partition coefficient (Wildman–Crippen LogP) is 17.9. The molecule has 0 amide bonds. The van der Waals surface area contributed by atoms with Gasteiger partial charge in [-0.2, -0.15) is 0 Å². The van der Waals surface area contributed by atoms with E-state index in [9.17, 15) is 0 Å². The number of anilines is 2. The van der Waals surface area contributed by atoms with Crippen molar-refractivity contribution in [3.05, 3.63) is 173 Å². The first-order valence-corrected chi connectivity index (χ1v) is 24.2. The molecule has 300 valence electrons. The van der Waals surface area contributed by atoms with E-state index in [4.69, 9.17) is 0 Å². The second-order valence-corrected chi connectivity index (χ2v) is 19.7. The molecule has 1 atom stereocenters. The third-order valence-corrected chi connectivity index (χ3v) is 17.2. The zero-order valence-electron chi connectivity index (χ0n) is 35.5. The minimum Gasteiger partial charge on any atom is -0.333 e. The molecular weight excluding hydrogens is 809 g/mol. The molecule has 1 aliphatic carbocycles. The molecule has 0 N–H and O–H groups in total. The molecule has 2 aliphatic rings. The molecule has 0 fully saturated rings. The fraction of sp³-hybridized carbons (Fsp3) is 0.123. The van der Waals surface area contributed by atoms with Gasteiger partial charge in [0.05, 0.1) is 22.8 Å². The van der Waals surface area contributed by atoms with E-state index < -0.39 is 0 Å². The molecule has 62 heavy (non-hydrogen) atoms. The number of rotatable bonds is 4. The summed E-state index contributed by atoms with van der Waals surface area (Å²) in [7, 11) is 0. The second kappa shape index (κ2) is 14.1. The number of fused-ring (bicyclic) bond motifs is 14. The molecule has 5 heteroatoms. The largest absolute Gasteiger partial charge is 0.333 e. The van der Waals surface area contributed by atoms with Gasteiger partial charge < -0.3 is 9.47 Å². The lowest BCUT2D eigenvalue weighted by molar-refractivity contribution is 0.830. The van der Waals surface area contributed by atoms with Gasteiger partial charge in [0.15, 0.2) is 0 Å². The highest BCUT2D eigenvalue weighted by molar-refractivity contribution is 7.27. The first-order chi connectivity index (χ1) is 30.4. The van der Waals surface area contributed by atoms with Crippen LogP contribution in [-0.4, -0.2) is 10.6 Å². The summed E-state index contributed by atoms with van der Waals surface area (Å²) in [5, 5.41) is 10.5. The van der Waals surface area contributed by atoms with Crippen molar-refractivity contribution in [2.45, 2.75) is 47.1 Å². The zero-order valence-corrected chi connectivity index (χ0v) is 37.9. The van der Waals surface area contributed by atoms with Gasteiger partial charge >= 0.3 is 0 Å². The van der Waals surface area contributed by atoms with Gasteiger partial charge in [-0.25, -0.2) is 0 Å². The van der Waals surface area contributed by atoms with Crippen molar-refractivity contribution in [2.24, 2.45) is 0 Å². The van der Waals surface area contributed by atoms with E-state index in [2.05, 4.69) is 176 Å². The molecule has 0 saturated heterocycles. The SMILES string of the molecule is C=Cc1sc(-c2cc3c(cc2C)C2=CC=CCC2N3c2ccc3c(c2)sc2cc(-n4c5ccccc5c5cc6ccc7c8ccccc8sc7c6cc54)ccc23)c(C)c1C.CC. The van der Waals surface area contributed by atoms with Crippen molar-refractivity contribution in [2.75, 3.05) is 4.90 Å². The van der Waals surface area contributed by atoms with E-state index >= 15 is 0 Å². The molecule has 0 spiro atoms. The molecule has 0 radical (unpaired) electrons. The van der Waals surface area contributed by atoms with Gasteiger partial charge in [0.2, 0.25) is 0 Å². The van der Waals surface area contributed by atoms with Crippen molar-refractivity contribution < 1.29 is 0 Å². The van der Waals surface area contributed by atoms with Crippen LogP contribution in [0.3, 0.4) is 0 Å². The minimum atomic E-state index is 0.271. The first kappa shape index (κ1) is 37.5. The first-order valence-electron chi connectivity index (χ1n) is 21.7. The number of allylic oxidation sites excluding steroid dienone is 2. The Labute approximate surface area is 373 Å². The van der Waals surface area contributed by atoms with Crippen LogP contribution in [0.1, 0.15) is 47.4 Å². The number of aromatic nitrogens is 1. The lowest BCUT2D eigenvalue weighted by Gasteiger charge is -2.29. The van der Waals surface area contributed by atoms with Crippen molar-refractivity contribution in [1.29, 1.82) is 0 Å². The van der Waals surface area contributed by atoms with Gasteiger partial charge in [-0.1, -0.05) is 105 Å². The average molecular weight is 853 g/mol. The van der Waals surface area contributed by atoms with Crippen LogP contribution in [0.15, 0.2) is 146 Å². The molecule has 13 rings (SSSR count). The van der Waals surface area contributed by atoms with E-state index in [1.807, 2.05) is 53.9 Å². The maximum atomic E-state index is 4.12. The van der Waals surface area contributed by atoms with Crippen LogP contribution >= 0.6 is 34.0 Å². The van der Waals surface area contributed by atoms with E-state index in [0.29, 0.717) is 0 Å². The van der Waals surface area contributed by atoms with E-state index in [1.54, 1.807) is 0 Å². The summed E-state index contributed by atoms with van der Waals surface area (Å²) in [5.74, 6) is 0. The van der Waals surface area contributed by atoms with Gasteiger partial charge in [0.1, 0.15) is 0 Å². The Kier molecular flexibility index (Phi) is 8.56. The fourth-order valence-electron chi connectivity index (χ4n) is 10.4. The highest BCUT2D eigenvalue weighted by atomic mass is 32.1. The van der Waals surface area contributed by atoms with Crippen LogP contribution < -0.4 is 4.90 Å². The quantitative estimate of drug-likeness (QED) is 0.171. The summed E-state index contributed by atoms with van der Waals surface area (Å²) in [6.07, 6.45) is 9.90. The highest BCUT2D eigenvalue weighted by Gasteiger charge is 2.36. The number of nitrogens with zero attached hydrogens (tertiary/aromatic N) is 2. The number of thiophene rings is 3. The fourth-order valence-corrected chi connectivity index (χ4v) is 14.0. The van der Waals surface area contributed by atoms with E-state index in [0.717, 1.165) is 6.42 Å². The Bertz CT molecular complexity index is 3770. The van der Waals surface area contributed by atoms with Gasteiger partial charge in [0.25, 0.3) is 0 Å². The number of benzene rings is 7. The minimum absolute atomic E-state index is 0.271. The third kappa shape index (κ3) is 5.32. The molecule has 11 aromatic rings. The second-order valence-electron chi connectivity index (χ2n) is 16.6. The molecular formula is C57H44N2S3. The van der Waals surface area contributed by atoms with E-state index in [-0.39, 0.29) is 6.04 Å². The van der Waals surface area contributed by atoms with Crippen LogP contribution in [0.5, 0.6) is 0 Å². The summed E-state index contributed by atoms with van der Waals surface area (Å²) in [6.45, 7) is 14.9. The van der Waals surface area contributed by atoms with Crippen LogP contribution in [0, 0.1) is 20.8 Å². The number of hydrogen-bond donors (Lipinski definition) is 0. The molecule has 0 bridgehead atoms. The Hall–Kier alpha value is -6.24. The lowest BCUT2D eigenvalue weighted by Crippen LogP contribution is -2.27. The van der Waals surface area contributed by atoms with Gasteiger partial charge in [-0.05, 0) is 121 Å². The summed E-state index contributed by atoms with van der Waals surface area (Å²) >= 11 is 5.68. The Morgan fingerprint density at radius 3 is 2.13 bits per heavy atom. The van der Waals surface area contributed by atoms with Crippen molar-refractivity contribution in [1.82, 2.24) is 4.57 Å². The molecule has 4 aromatic heterocycles. The molecule has 0 saturated carbocycles. The van der Waals surface area contributed by atoms with Crippen molar-refractivity contribution in [3.63, 3.8) is 0 Å². The van der Waals surface area contributed by atoms with Crippen LogP contribution in [0.2, 0.25) is 0 Å². The average Bonchev–Trinajstić information content (AvgIpc) is 4.10. The predicted molar refractivity (Wildman–Crippen MR) is 277 cm³/mol. The van der Waals surface area contributed by atoms with Gasteiger partial charge in [-0.3, -0.25) is 0 Å². The number of aryl methyl sites for hydroxylation is 1. The Morgan fingerprint density at radius 1 is 0.597 bits per heavy atom. The molecule has 2 nitrogen and oxygen atoms in total. The van der Waals surface area contributed by atoms with Gasteiger partial charge in [0, 0.05) is 83.2 Å². The number of hydrogen-bond acceptors (Lipinski definition) is 4. The monoisotopic (exact) mass is 852 g/mol. The maximum Gasteiger partial charge on any atom is 0.0632 e. The molecule has 7 aromatic carbocycles. The summed E-state index contributed by atoms with van der Waals surface area (Å²) in [6, 6.07) is 46.7. The van der Waals surface area contributed by atoms with Crippen molar-refractivity contribution in [3.8, 4) is 16.1 Å². The zero-order chi connectivity index (χ0) is 42.0. The summed E-state index contributed by atoms with van der Waals surface area (Å²) in [4.78, 5) is 5.23. The lowest BCUT2D eigenvalue weighted by atomic mass is 9.93. The topological polar surface area (TPSA) is 8.17 Å². The molecule has 1 aliphatic heterocycles. The van der Waals surface area contributed by atoms with Crippen LogP contribution in [0.4, 0.5) is 11.4 Å². The highest BCUT2D eigenvalue weighted by Crippen LogP contribution is 2.52. The standard InChI is InChI=1S/C55H38N2S3.C2H6/c1-5-50-31(3)32(4)54(59-50)42-28-48-44(24-30(42)2)36-12-6-9-15-46(36)56(48)34-19-22-39-40-23-20-35(27-53(40)58-52(39)26-34)57-47-16-10-7-13-37(47)45-25-33-18-21-41-38-14-8-11-17-51(38)60-55(41)43(33)29-49(45)57;1-2/h5-14,16-29,46H,1,15H2,2-4H3;1-2H3.